The van der Waals surface area contributed by atoms with E-state index in [-0.39, 0.29) is 33.9 Å². The standard InChI is InChI=1S/C17H14F2IN3O4/c18-10-7-13(11(19)6-12(10)20)22-15-9-8-21-3-2-14(9)27-16(15)17(25)23-26-5-1-4-24/h2-3,6-8,22,24H,1,4-5H2,(H,23,25). The van der Waals surface area contributed by atoms with Crippen LogP contribution >= 0.6 is 22.6 Å². The second-order valence-electron chi connectivity index (χ2n) is 5.41. The van der Waals surface area contributed by atoms with E-state index in [4.69, 9.17) is 14.4 Å². The molecule has 10 heteroatoms. The molecular formula is C17H14F2IN3O4. The van der Waals surface area contributed by atoms with Crippen molar-refractivity contribution in [1.29, 1.82) is 0 Å². The molecule has 2 heterocycles. The van der Waals surface area contributed by atoms with Crippen molar-refractivity contribution in [3.8, 4) is 0 Å². The molecule has 0 saturated carbocycles. The largest absolute Gasteiger partial charge is 0.448 e. The van der Waals surface area contributed by atoms with Gasteiger partial charge in [-0.3, -0.25) is 14.6 Å². The third-order valence-electron chi connectivity index (χ3n) is 3.53. The number of rotatable bonds is 7. The number of hydrogen-bond donors (Lipinski definition) is 3. The van der Waals surface area contributed by atoms with E-state index < -0.39 is 17.5 Å². The van der Waals surface area contributed by atoms with Gasteiger partial charge in [0.15, 0.2) is 0 Å². The van der Waals surface area contributed by atoms with Gasteiger partial charge in [-0.15, -0.1) is 0 Å². The van der Waals surface area contributed by atoms with Crippen LogP contribution in [0.4, 0.5) is 20.2 Å². The minimum atomic E-state index is -0.724. The number of anilines is 2. The van der Waals surface area contributed by atoms with Crippen LogP contribution in [0.15, 0.2) is 35.0 Å². The zero-order valence-corrected chi connectivity index (χ0v) is 15.9. The molecule has 2 aromatic heterocycles. The van der Waals surface area contributed by atoms with Gasteiger partial charge < -0.3 is 14.8 Å². The molecule has 0 fully saturated rings. The average molecular weight is 489 g/mol. The van der Waals surface area contributed by atoms with Crippen LogP contribution in [-0.4, -0.2) is 29.2 Å². The number of aromatic nitrogens is 1. The van der Waals surface area contributed by atoms with Crippen LogP contribution in [0.1, 0.15) is 17.0 Å². The molecule has 0 saturated heterocycles. The summed E-state index contributed by atoms with van der Waals surface area (Å²) >= 11 is 1.68. The molecule has 3 N–H and O–H groups in total. The molecule has 0 atom stereocenters. The monoisotopic (exact) mass is 489 g/mol. The third-order valence-corrected chi connectivity index (χ3v) is 4.36. The molecule has 7 nitrogen and oxygen atoms in total. The van der Waals surface area contributed by atoms with Crippen LogP contribution < -0.4 is 10.8 Å². The van der Waals surface area contributed by atoms with E-state index in [0.29, 0.717) is 17.4 Å². The zero-order valence-electron chi connectivity index (χ0n) is 13.8. The molecule has 0 aliphatic heterocycles. The van der Waals surface area contributed by atoms with Gasteiger partial charge in [-0.05, 0) is 41.1 Å². The summed E-state index contributed by atoms with van der Waals surface area (Å²) in [6.45, 7) is 0.0143. The lowest BCUT2D eigenvalue weighted by Crippen LogP contribution is -2.24. The highest BCUT2D eigenvalue weighted by molar-refractivity contribution is 14.1. The minimum absolute atomic E-state index is 0.0867. The molecule has 3 rings (SSSR count). The van der Waals surface area contributed by atoms with Gasteiger partial charge in [0.1, 0.15) is 22.9 Å². The number of hydroxylamine groups is 1. The first kappa shape index (κ1) is 19.5. The summed E-state index contributed by atoms with van der Waals surface area (Å²) in [5.74, 6) is -2.20. The van der Waals surface area contributed by atoms with Crippen molar-refractivity contribution in [2.75, 3.05) is 18.5 Å². The topological polar surface area (TPSA) is 96.6 Å². The van der Waals surface area contributed by atoms with E-state index in [1.807, 2.05) is 0 Å². The molecule has 0 unspecified atom stereocenters. The second-order valence-corrected chi connectivity index (χ2v) is 6.57. The van der Waals surface area contributed by atoms with Gasteiger partial charge in [-0.25, -0.2) is 14.3 Å². The Balaban J connectivity index is 1.96. The van der Waals surface area contributed by atoms with Gasteiger partial charge in [-0.2, -0.15) is 0 Å². The highest BCUT2D eigenvalue weighted by atomic mass is 127. The van der Waals surface area contributed by atoms with E-state index in [0.717, 1.165) is 12.1 Å². The summed E-state index contributed by atoms with van der Waals surface area (Å²) in [4.78, 5) is 21.3. The van der Waals surface area contributed by atoms with E-state index in [2.05, 4.69) is 15.8 Å². The van der Waals surface area contributed by atoms with Gasteiger partial charge in [0.05, 0.1) is 21.3 Å². The molecule has 0 aliphatic carbocycles. The Hall–Kier alpha value is -2.31. The van der Waals surface area contributed by atoms with Gasteiger partial charge in [-0.1, -0.05) is 0 Å². The van der Waals surface area contributed by atoms with Crippen molar-refractivity contribution >= 4 is 50.8 Å². The Morgan fingerprint density at radius 3 is 2.93 bits per heavy atom. The van der Waals surface area contributed by atoms with Crippen LogP contribution in [0, 0.1) is 15.2 Å². The molecule has 1 amide bonds. The van der Waals surface area contributed by atoms with Crippen LogP contribution in [0.3, 0.4) is 0 Å². The Bertz CT molecular complexity index is 980. The van der Waals surface area contributed by atoms with Crippen molar-refractivity contribution < 1.29 is 27.9 Å². The van der Waals surface area contributed by atoms with Crippen LogP contribution in [0.5, 0.6) is 0 Å². The number of aliphatic hydroxyl groups excluding tert-OH is 1. The molecule has 0 bridgehead atoms. The normalized spacial score (nSPS) is 11.0. The summed E-state index contributed by atoms with van der Waals surface area (Å²) in [5, 5.41) is 11.8. The smallest absolute Gasteiger partial charge is 0.312 e. The molecule has 0 radical (unpaired) electrons. The lowest BCUT2D eigenvalue weighted by molar-refractivity contribution is 0.0243. The zero-order chi connectivity index (χ0) is 19.4. The number of halogens is 3. The lowest BCUT2D eigenvalue weighted by Gasteiger charge is -2.09. The number of carbonyl (C=O) groups is 1. The summed E-state index contributed by atoms with van der Waals surface area (Å²) in [7, 11) is 0. The number of nitrogens with one attached hydrogen (secondary N) is 2. The fraction of sp³-hybridized carbons (Fsp3) is 0.176. The molecule has 1 aromatic carbocycles. The van der Waals surface area contributed by atoms with Crippen LogP contribution in [0.2, 0.25) is 0 Å². The number of pyridine rings is 1. The maximum atomic E-state index is 14.2. The predicted octanol–water partition coefficient (Wildman–Crippen LogP) is 3.50. The number of benzene rings is 1. The maximum absolute atomic E-state index is 14.2. The quantitative estimate of drug-likeness (QED) is 0.204. The van der Waals surface area contributed by atoms with E-state index >= 15 is 0 Å². The lowest BCUT2D eigenvalue weighted by atomic mass is 10.2. The van der Waals surface area contributed by atoms with Gasteiger partial charge in [0, 0.05) is 25.1 Å². The molecule has 142 valence electrons. The number of nitrogens with zero attached hydrogens (tertiary/aromatic N) is 1. The molecular weight excluding hydrogens is 475 g/mol. The molecule has 0 spiro atoms. The van der Waals surface area contributed by atoms with Crippen LogP contribution in [-0.2, 0) is 4.84 Å². The highest BCUT2D eigenvalue weighted by Gasteiger charge is 2.22. The number of carbonyl (C=O) groups excluding carboxylic acids is 1. The number of amides is 1. The second kappa shape index (κ2) is 8.59. The highest BCUT2D eigenvalue weighted by Crippen LogP contribution is 2.34. The Kier molecular flexibility index (Phi) is 6.19. The Morgan fingerprint density at radius 1 is 1.33 bits per heavy atom. The Morgan fingerprint density at radius 2 is 2.15 bits per heavy atom. The molecule has 27 heavy (non-hydrogen) atoms. The summed E-state index contributed by atoms with van der Waals surface area (Å²) in [6, 6.07) is 3.57. The van der Waals surface area contributed by atoms with E-state index in [9.17, 15) is 13.6 Å². The van der Waals surface area contributed by atoms with Crippen molar-refractivity contribution in [3.05, 3.63) is 51.6 Å². The number of hydrogen-bond acceptors (Lipinski definition) is 6. The maximum Gasteiger partial charge on any atom is 0.312 e. The summed E-state index contributed by atoms with van der Waals surface area (Å²) in [5.41, 5.74) is 2.48. The molecule has 0 aliphatic rings. The first-order valence-corrected chi connectivity index (χ1v) is 8.90. The predicted molar refractivity (Wildman–Crippen MR) is 101 cm³/mol. The van der Waals surface area contributed by atoms with Gasteiger partial charge >= 0.3 is 5.91 Å². The average Bonchev–Trinajstić information content (AvgIpc) is 3.02. The van der Waals surface area contributed by atoms with Crippen LogP contribution in [0.25, 0.3) is 11.0 Å². The Labute approximate surface area is 165 Å². The van der Waals surface area contributed by atoms with E-state index in [1.165, 1.54) is 18.5 Å². The summed E-state index contributed by atoms with van der Waals surface area (Å²) in [6.07, 6.45) is 3.24. The van der Waals surface area contributed by atoms with Crippen molar-refractivity contribution in [2.24, 2.45) is 0 Å². The van der Waals surface area contributed by atoms with Gasteiger partial charge in [0.25, 0.3) is 0 Å². The number of aliphatic hydroxyl groups is 1. The van der Waals surface area contributed by atoms with Crippen molar-refractivity contribution in [2.45, 2.75) is 6.42 Å². The third kappa shape index (κ3) is 4.34. The fourth-order valence-electron chi connectivity index (χ4n) is 2.28. The number of fused-ring (bicyclic) bond motifs is 1. The number of furan rings is 1. The minimum Gasteiger partial charge on any atom is -0.448 e. The SMILES string of the molecule is O=C(NOCCCO)c1oc2ccncc2c1Nc1cc(F)c(I)cc1F. The molecule has 3 aromatic rings. The van der Waals surface area contributed by atoms with Crippen molar-refractivity contribution in [1.82, 2.24) is 10.5 Å². The first-order chi connectivity index (χ1) is 13.0. The summed E-state index contributed by atoms with van der Waals surface area (Å²) < 4.78 is 33.7. The van der Waals surface area contributed by atoms with Gasteiger partial charge in [0.2, 0.25) is 5.76 Å². The first-order valence-electron chi connectivity index (χ1n) is 7.82. The van der Waals surface area contributed by atoms with Crippen molar-refractivity contribution in [3.63, 3.8) is 0 Å². The van der Waals surface area contributed by atoms with E-state index in [1.54, 1.807) is 22.6 Å². The fourth-order valence-corrected chi connectivity index (χ4v) is 2.71.